The van der Waals surface area contributed by atoms with Crippen LogP contribution in [-0.2, 0) is 0 Å². The zero-order valence-electron chi connectivity index (χ0n) is 11.0. The van der Waals surface area contributed by atoms with Crippen LogP contribution >= 0.6 is 0 Å². The van der Waals surface area contributed by atoms with E-state index in [-0.39, 0.29) is 11.6 Å². The Morgan fingerprint density at radius 3 is 2.70 bits per heavy atom. The Bertz CT molecular complexity index is 666. The molecule has 0 saturated carbocycles. The standard InChI is InChI=1S/C13H13N5O2/c1-19-9-5-3-4-8(6-14)11(9)18-12-10(15)13(20-2)17-7-16-12/h3-5,7H,15H2,1-2H3,(H,16,17,18). The first kappa shape index (κ1) is 13.4. The van der Waals surface area contributed by atoms with Crippen LogP contribution in [0, 0.1) is 11.3 Å². The molecule has 0 saturated heterocycles. The summed E-state index contributed by atoms with van der Waals surface area (Å²) in [5, 5.41) is 12.1. The van der Waals surface area contributed by atoms with Gasteiger partial charge in [-0.2, -0.15) is 10.2 Å². The highest BCUT2D eigenvalue weighted by Crippen LogP contribution is 2.33. The molecule has 102 valence electrons. The molecule has 20 heavy (non-hydrogen) atoms. The van der Waals surface area contributed by atoms with Crippen molar-refractivity contribution in [3.63, 3.8) is 0 Å². The van der Waals surface area contributed by atoms with Gasteiger partial charge in [-0.15, -0.1) is 0 Å². The SMILES string of the molecule is COc1cccc(C#N)c1Nc1ncnc(OC)c1N. The lowest BCUT2D eigenvalue weighted by Crippen LogP contribution is -2.05. The van der Waals surface area contributed by atoms with Crippen LogP contribution in [0.4, 0.5) is 17.2 Å². The van der Waals surface area contributed by atoms with E-state index in [2.05, 4.69) is 21.4 Å². The summed E-state index contributed by atoms with van der Waals surface area (Å²) in [6.45, 7) is 0. The molecule has 0 aliphatic carbocycles. The molecule has 0 fully saturated rings. The molecule has 2 rings (SSSR count). The Hall–Kier alpha value is -3.01. The number of hydrogen-bond donors (Lipinski definition) is 2. The molecule has 1 aromatic heterocycles. The Morgan fingerprint density at radius 2 is 2.05 bits per heavy atom. The van der Waals surface area contributed by atoms with Gasteiger partial charge in [0.05, 0.1) is 19.8 Å². The number of nitriles is 1. The number of rotatable bonds is 4. The average Bonchev–Trinajstić information content (AvgIpc) is 2.49. The smallest absolute Gasteiger partial charge is 0.242 e. The molecule has 0 bridgehead atoms. The monoisotopic (exact) mass is 271 g/mol. The number of hydrogen-bond acceptors (Lipinski definition) is 7. The van der Waals surface area contributed by atoms with Gasteiger partial charge in [0.1, 0.15) is 29.5 Å². The van der Waals surface area contributed by atoms with Gasteiger partial charge in [0.15, 0.2) is 5.82 Å². The molecule has 0 unspecified atom stereocenters. The lowest BCUT2D eigenvalue weighted by molar-refractivity contribution is 0.399. The van der Waals surface area contributed by atoms with Gasteiger partial charge in [-0.05, 0) is 12.1 Å². The van der Waals surface area contributed by atoms with Crippen LogP contribution in [0.2, 0.25) is 0 Å². The van der Waals surface area contributed by atoms with Crippen molar-refractivity contribution in [2.75, 3.05) is 25.3 Å². The predicted octanol–water partition coefficient (Wildman–Crippen LogP) is 1.69. The molecule has 0 amide bonds. The fourth-order valence-electron chi connectivity index (χ4n) is 1.68. The van der Waals surface area contributed by atoms with E-state index in [0.717, 1.165) is 0 Å². The van der Waals surface area contributed by atoms with Crippen LogP contribution < -0.4 is 20.5 Å². The van der Waals surface area contributed by atoms with Crippen molar-refractivity contribution in [2.45, 2.75) is 0 Å². The van der Waals surface area contributed by atoms with Gasteiger partial charge in [-0.3, -0.25) is 0 Å². The first-order valence-corrected chi connectivity index (χ1v) is 5.69. The Labute approximate surface area is 116 Å². The van der Waals surface area contributed by atoms with E-state index in [9.17, 15) is 0 Å². The molecule has 1 aromatic carbocycles. The van der Waals surface area contributed by atoms with Crippen LogP contribution in [-0.4, -0.2) is 24.2 Å². The minimum absolute atomic E-state index is 0.254. The number of nitrogens with two attached hydrogens (primary N) is 1. The molecule has 7 heteroatoms. The second kappa shape index (κ2) is 5.75. The summed E-state index contributed by atoms with van der Waals surface area (Å²) in [6.07, 6.45) is 1.32. The molecule has 0 aliphatic heterocycles. The summed E-state index contributed by atoms with van der Waals surface area (Å²) in [7, 11) is 2.98. The number of anilines is 3. The summed E-state index contributed by atoms with van der Waals surface area (Å²) in [5.41, 5.74) is 7.05. The number of para-hydroxylation sites is 1. The van der Waals surface area contributed by atoms with Crippen molar-refractivity contribution >= 4 is 17.2 Å². The van der Waals surface area contributed by atoms with Gasteiger partial charge in [0.25, 0.3) is 0 Å². The zero-order chi connectivity index (χ0) is 14.5. The minimum atomic E-state index is 0.254. The quantitative estimate of drug-likeness (QED) is 0.871. The summed E-state index contributed by atoms with van der Waals surface area (Å²) in [6, 6.07) is 7.21. The molecule has 7 nitrogen and oxygen atoms in total. The number of ether oxygens (including phenoxy) is 2. The number of aromatic nitrogens is 2. The van der Waals surface area contributed by atoms with Crippen LogP contribution in [0.5, 0.6) is 11.6 Å². The number of nitrogens with one attached hydrogen (secondary N) is 1. The van der Waals surface area contributed by atoms with Crippen molar-refractivity contribution in [1.29, 1.82) is 5.26 Å². The topological polar surface area (TPSA) is 106 Å². The average molecular weight is 271 g/mol. The third kappa shape index (κ3) is 2.40. The van der Waals surface area contributed by atoms with Crippen molar-refractivity contribution < 1.29 is 9.47 Å². The maximum Gasteiger partial charge on any atom is 0.242 e. The van der Waals surface area contributed by atoms with Crippen molar-refractivity contribution in [2.24, 2.45) is 0 Å². The normalized spacial score (nSPS) is 9.65. The number of nitrogen functional groups attached to an aromatic ring is 1. The maximum absolute atomic E-state index is 9.15. The fraction of sp³-hybridized carbons (Fsp3) is 0.154. The Balaban J connectivity index is 2.48. The fourth-order valence-corrected chi connectivity index (χ4v) is 1.68. The lowest BCUT2D eigenvalue weighted by Gasteiger charge is -2.14. The van der Waals surface area contributed by atoms with E-state index in [1.54, 1.807) is 18.2 Å². The van der Waals surface area contributed by atoms with E-state index in [1.165, 1.54) is 20.5 Å². The number of methoxy groups -OCH3 is 2. The van der Waals surface area contributed by atoms with Crippen LogP contribution in [0.1, 0.15) is 5.56 Å². The van der Waals surface area contributed by atoms with Crippen LogP contribution in [0.15, 0.2) is 24.5 Å². The minimum Gasteiger partial charge on any atom is -0.495 e. The van der Waals surface area contributed by atoms with Gasteiger partial charge in [0, 0.05) is 0 Å². The highest BCUT2D eigenvalue weighted by atomic mass is 16.5. The maximum atomic E-state index is 9.15. The number of benzene rings is 1. The van der Waals surface area contributed by atoms with Gasteiger partial charge < -0.3 is 20.5 Å². The van der Waals surface area contributed by atoms with Gasteiger partial charge in [-0.25, -0.2) is 4.98 Å². The van der Waals surface area contributed by atoms with Crippen LogP contribution in [0.25, 0.3) is 0 Å². The van der Waals surface area contributed by atoms with E-state index in [1.807, 2.05) is 0 Å². The van der Waals surface area contributed by atoms with E-state index in [4.69, 9.17) is 20.5 Å². The third-order valence-electron chi connectivity index (χ3n) is 2.65. The van der Waals surface area contributed by atoms with Crippen molar-refractivity contribution in [3.05, 3.63) is 30.1 Å². The van der Waals surface area contributed by atoms with Crippen molar-refractivity contribution in [1.82, 2.24) is 9.97 Å². The lowest BCUT2D eigenvalue weighted by atomic mass is 10.1. The van der Waals surface area contributed by atoms with Crippen molar-refractivity contribution in [3.8, 4) is 17.7 Å². The molecule has 0 aliphatic rings. The molecule has 0 atom stereocenters. The second-order valence-electron chi connectivity index (χ2n) is 3.76. The Kier molecular flexibility index (Phi) is 3.86. The first-order valence-electron chi connectivity index (χ1n) is 5.69. The second-order valence-corrected chi connectivity index (χ2v) is 3.76. The highest BCUT2D eigenvalue weighted by Gasteiger charge is 2.13. The summed E-state index contributed by atoms with van der Waals surface area (Å²) in [4.78, 5) is 7.93. The zero-order valence-corrected chi connectivity index (χ0v) is 11.0. The summed E-state index contributed by atoms with van der Waals surface area (Å²) in [5.74, 6) is 1.12. The van der Waals surface area contributed by atoms with Crippen LogP contribution in [0.3, 0.4) is 0 Å². The first-order chi connectivity index (χ1) is 9.71. The van der Waals surface area contributed by atoms with E-state index in [0.29, 0.717) is 22.8 Å². The third-order valence-corrected chi connectivity index (χ3v) is 2.65. The predicted molar refractivity (Wildman–Crippen MR) is 74.0 cm³/mol. The summed E-state index contributed by atoms with van der Waals surface area (Å²) < 4.78 is 10.3. The molecule has 0 radical (unpaired) electrons. The molecule has 3 N–H and O–H groups in total. The van der Waals surface area contributed by atoms with Gasteiger partial charge in [-0.1, -0.05) is 6.07 Å². The molecule has 1 heterocycles. The van der Waals surface area contributed by atoms with Gasteiger partial charge >= 0.3 is 0 Å². The van der Waals surface area contributed by atoms with E-state index >= 15 is 0 Å². The largest absolute Gasteiger partial charge is 0.495 e. The molecular weight excluding hydrogens is 258 g/mol. The number of nitrogens with zero attached hydrogens (tertiary/aromatic N) is 3. The van der Waals surface area contributed by atoms with E-state index < -0.39 is 0 Å². The molecular formula is C13H13N5O2. The summed E-state index contributed by atoms with van der Waals surface area (Å²) >= 11 is 0. The highest BCUT2D eigenvalue weighted by molar-refractivity contribution is 5.78. The molecule has 2 aromatic rings. The van der Waals surface area contributed by atoms with Gasteiger partial charge in [0.2, 0.25) is 5.88 Å². The Morgan fingerprint density at radius 1 is 1.25 bits per heavy atom. The molecule has 0 spiro atoms.